The van der Waals surface area contributed by atoms with Gasteiger partial charge in [0.2, 0.25) is 0 Å². The summed E-state index contributed by atoms with van der Waals surface area (Å²) in [5.41, 5.74) is 5.49. The molecular weight excluding hydrogens is 402 g/mol. The average Bonchev–Trinajstić information content (AvgIpc) is 3.33. The molecule has 0 atom stereocenters. The van der Waals surface area contributed by atoms with Crippen molar-refractivity contribution in [2.75, 3.05) is 19.6 Å². The summed E-state index contributed by atoms with van der Waals surface area (Å²) >= 11 is 1.37. The number of piperidine rings is 1. The van der Waals surface area contributed by atoms with Crippen molar-refractivity contribution in [3.63, 3.8) is 0 Å². The molecule has 0 radical (unpaired) electrons. The molecule has 2 saturated heterocycles. The molecule has 2 fully saturated rings. The molecule has 4 heterocycles. The van der Waals surface area contributed by atoms with Gasteiger partial charge < -0.3 is 4.74 Å². The van der Waals surface area contributed by atoms with Crippen molar-refractivity contribution in [1.29, 1.82) is 0 Å². The molecule has 2 aromatic heterocycles. The zero-order valence-electron chi connectivity index (χ0n) is 18.0. The van der Waals surface area contributed by atoms with Crippen molar-refractivity contribution in [3.05, 3.63) is 39.3 Å². The van der Waals surface area contributed by atoms with E-state index in [9.17, 15) is 9.59 Å². The summed E-state index contributed by atoms with van der Waals surface area (Å²) in [6.07, 6.45) is 0.848. The predicted molar refractivity (Wildman–Crippen MR) is 114 cm³/mol. The second kappa shape index (κ2) is 8.03. The molecule has 0 aromatic carbocycles. The van der Waals surface area contributed by atoms with E-state index in [2.05, 4.69) is 42.7 Å². The van der Waals surface area contributed by atoms with Crippen LogP contribution in [0.5, 0.6) is 0 Å². The van der Waals surface area contributed by atoms with Crippen LogP contribution >= 0.6 is 11.3 Å². The lowest BCUT2D eigenvalue weighted by Crippen LogP contribution is -2.64. The molecular formula is C21H29N5O3S. The van der Waals surface area contributed by atoms with Crippen molar-refractivity contribution in [2.45, 2.75) is 58.7 Å². The van der Waals surface area contributed by atoms with Crippen LogP contribution in [-0.4, -0.2) is 56.9 Å². The molecule has 2 aliphatic rings. The lowest BCUT2D eigenvalue weighted by atomic mass is 9.90. The number of aryl methyl sites for hydroxylation is 1. The van der Waals surface area contributed by atoms with E-state index in [-0.39, 0.29) is 5.91 Å². The van der Waals surface area contributed by atoms with E-state index >= 15 is 0 Å². The minimum absolute atomic E-state index is 0.184. The fourth-order valence-electron chi connectivity index (χ4n) is 4.38. The van der Waals surface area contributed by atoms with Gasteiger partial charge in [0.15, 0.2) is 0 Å². The van der Waals surface area contributed by atoms with Crippen LogP contribution in [0, 0.1) is 13.8 Å². The van der Waals surface area contributed by atoms with E-state index in [1.807, 2.05) is 11.4 Å². The summed E-state index contributed by atoms with van der Waals surface area (Å²) < 4.78 is 7.79. The number of hydrogen-bond acceptors (Lipinski definition) is 6. The number of aromatic nitrogens is 2. The third kappa shape index (κ3) is 3.96. The van der Waals surface area contributed by atoms with Crippen LogP contribution in [0.3, 0.4) is 0 Å². The van der Waals surface area contributed by atoms with Crippen LogP contribution in [0.15, 0.2) is 17.5 Å². The van der Waals surface area contributed by atoms with Crippen LogP contribution < -0.4 is 5.43 Å². The van der Waals surface area contributed by atoms with Gasteiger partial charge in [0.25, 0.3) is 5.91 Å². The van der Waals surface area contributed by atoms with Crippen LogP contribution in [0.1, 0.15) is 59.4 Å². The number of carbonyl (C=O) groups excluding carboxylic acids is 2. The molecule has 9 heteroatoms. The van der Waals surface area contributed by atoms with Crippen LogP contribution in [0.25, 0.3) is 0 Å². The Kier molecular flexibility index (Phi) is 5.59. The number of hydrogen-bond donors (Lipinski definition) is 1. The van der Waals surface area contributed by atoms with E-state index < -0.39 is 11.7 Å². The first-order valence-corrected chi connectivity index (χ1v) is 11.3. The maximum Gasteiger partial charge on any atom is 0.426 e. The van der Waals surface area contributed by atoms with Crippen molar-refractivity contribution in [2.24, 2.45) is 0 Å². The molecule has 0 saturated carbocycles. The summed E-state index contributed by atoms with van der Waals surface area (Å²) in [4.78, 5) is 27.9. The summed E-state index contributed by atoms with van der Waals surface area (Å²) in [6.45, 7) is 11.3. The van der Waals surface area contributed by atoms with E-state index in [1.54, 1.807) is 6.07 Å². The number of rotatable bonds is 4. The van der Waals surface area contributed by atoms with E-state index in [1.165, 1.54) is 27.6 Å². The maximum atomic E-state index is 12.7. The molecule has 162 valence electrons. The van der Waals surface area contributed by atoms with Crippen LogP contribution in [-0.2, 0) is 11.3 Å². The Hall–Kier alpha value is -2.39. The monoisotopic (exact) mass is 431 g/mol. The summed E-state index contributed by atoms with van der Waals surface area (Å²) in [5, 5.41) is 7.96. The Morgan fingerprint density at radius 2 is 2.07 bits per heavy atom. The zero-order chi connectivity index (χ0) is 21.5. The Bertz CT molecular complexity index is 929. The van der Waals surface area contributed by atoms with Crippen LogP contribution in [0.2, 0.25) is 0 Å². The highest BCUT2D eigenvalue weighted by Crippen LogP contribution is 2.32. The predicted octanol–water partition coefficient (Wildman–Crippen LogP) is 3.27. The normalized spacial score (nSPS) is 19.2. The van der Waals surface area contributed by atoms with Gasteiger partial charge >= 0.3 is 6.09 Å². The quantitative estimate of drug-likeness (QED) is 0.804. The molecule has 1 N–H and O–H groups in total. The molecule has 2 aliphatic heterocycles. The van der Waals surface area contributed by atoms with E-state index in [0.29, 0.717) is 30.3 Å². The number of nitrogens with one attached hydrogen (secondary N) is 1. The van der Waals surface area contributed by atoms with Gasteiger partial charge in [0.05, 0.1) is 17.1 Å². The standard InChI is InChI=1S/C21H29N5O3S/c1-14(2)26-16(4)17(15(3)22-26)12-24-9-7-21(8-10-24)13-25(23-20(28)29-21)19(27)18-6-5-11-30-18/h5-6,11,14H,7-10,12-13H2,1-4H3,(H,23,28). The van der Waals surface area contributed by atoms with Gasteiger partial charge in [-0.25, -0.2) is 15.2 Å². The second-order valence-corrected chi connectivity index (χ2v) is 9.46. The summed E-state index contributed by atoms with van der Waals surface area (Å²) in [5.74, 6) is -0.184. The zero-order valence-corrected chi connectivity index (χ0v) is 18.8. The highest BCUT2D eigenvalue weighted by atomic mass is 32.1. The first-order chi connectivity index (χ1) is 14.3. The SMILES string of the molecule is Cc1nn(C(C)C)c(C)c1CN1CCC2(CC1)CN(C(=O)c1cccs1)NC(=O)O2. The van der Waals surface area contributed by atoms with Crippen molar-refractivity contribution < 1.29 is 14.3 Å². The van der Waals surface area contributed by atoms with Crippen LogP contribution in [0.4, 0.5) is 4.79 Å². The lowest BCUT2D eigenvalue weighted by Gasteiger charge is -2.46. The maximum absolute atomic E-state index is 12.7. The minimum Gasteiger partial charge on any atom is -0.440 e. The number of carbonyl (C=O) groups is 2. The van der Waals surface area contributed by atoms with Gasteiger partial charge in [0.1, 0.15) is 5.60 Å². The van der Waals surface area contributed by atoms with Gasteiger partial charge in [-0.15, -0.1) is 11.3 Å². The molecule has 1 spiro atoms. The van der Waals surface area contributed by atoms with Gasteiger partial charge in [-0.1, -0.05) is 6.07 Å². The fourth-order valence-corrected chi connectivity index (χ4v) is 5.05. The minimum atomic E-state index is -0.627. The topological polar surface area (TPSA) is 79.7 Å². The number of ether oxygens (including phenoxy) is 1. The van der Waals surface area contributed by atoms with Gasteiger partial charge in [-0.3, -0.25) is 14.4 Å². The largest absolute Gasteiger partial charge is 0.440 e. The number of amides is 2. The second-order valence-electron chi connectivity index (χ2n) is 8.52. The average molecular weight is 432 g/mol. The number of likely N-dealkylation sites (tertiary alicyclic amines) is 1. The number of thiophene rings is 1. The lowest BCUT2D eigenvalue weighted by molar-refractivity contribution is -0.0887. The highest BCUT2D eigenvalue weighted by Gasteiger charge is 2.45. The first-order valence-electron chi connectivity index (χ1n) is 10.4. The molecule has 2 aromatic rings. The summed E-state index contributed by atoms with van der Waals surface area (Å²) in [7, 11) is 0. The van der Waals surface area contributed by atoms with Crippen molar-refractivity contribution in [1.82, 2.24) is 25.1 Å². The van der Waals surface area contributed by atoms with E-state index in [4.69, 9.17) is 9.84 Å². The Labute approximate surface area is 180 Å². The molecule has 2 amide bonds. The summed E-state index contributed by atoms with van der Waals surface area (Å²) in [6, 6.07) is 3.94. The molecule has 4 rings (SSSR count). The van der Waals surface area contributed by atoms with Crippen molar-refractivity contribution in [3.8, 4) is 0 Å². The van der Waals surface area contributed by atoms with Gasteiger partial charge in [-0.2, -0.15) is 5.10 Å². The molecule has 30 heavy (non-hydrogen) atoms. The van der Waals surface area contributed by atoms with E-state index in [0.717, 1.165) is 25.3 Å². The Balaban J connectivity index is 1.42. The third-order valence-corrected chi connectivity index (χ3v) is 6.93. The Morgan fingerprint density at radius 1 is 1.33 bits per heavy atom. The first kappa shape index (κ1) is 20.9. The van der Waals surface area contributed by atoms with Crippen molar-refractivity contribution >= 4 is 23.3 Å². The fraction of sp³-hybridized carbons (Fsp3) is 0.571. The number of hydrazine groups is 1. The molecule has 8 nitrogen and oxygen atoms in total. The Morgan fingerprint density at radius 3 is 2.67 bits per heavy atom. The molecule has 0 unspecified atom stereocenters. The smallest absolute Gasteiger partial charge is 0.426 e. The van der Waals surface area contributed by atoms with Gasteiger partial charge in [0, 0.05) is 49.8 Å². The van der Waals surface area contributed by atoms with Gasteiger partial charge in [-0.05, 0) is 39.1 Å². The third-order valence-electron chi connectivity index (χ3n) is 6.07. The number of nitrogens with zero attached hydrogens (tertiary/aromatic N) is 4. The highest BCUT2D eigenvalue weighted by molar-refractivity contribution is 7.12. The molecule has 0 bridgehead atoms. The molecule has 0 aliphatic carbocycles.